The normalized spacial score (nSPS) is 27.2. The second-order valence-corrected chi connectivity index (χ2v) is 6.35. The van der Waals surface area contributed by atoms with Crippen LogP contribution in [0.3, 0.4) is 0 Å². The molecule has 4 nitrogen and oxygen atoms in total. The van der Waals surface area contributed by atoms with Crippen LogP contribution in [0, 0.1) is 11.6 Å². The molecule has 6 heteroatoms. The summed E-state index contributed by atoms with van der Waals surface area (Å²) in [7, 11) is 1.93. The maximum Gasteiger partial charge on any atom is 0.238 e. The van der Waals surface area contributed by atoms with E-state index in [0.29, 0.717) is 18.1 Å². The van der Waals surface area contributed by atoms with Gasteiger partial charge in [-0.3, -0.25) is 9.69 Å². The number of halogens is 2. The molecule has 2 aliphatic rings. The van der Waals surface area contributed by atoms with Crippen molar-refractivity contribution < 1.29 is 13.6 Å². The van der Waals surface area contributed by atoms with Crippen LogP contribution in [-0.4, -0.2) is 42.5 Å². The highest BCUT2D eigenvalue weighted by Gasteiger charge is 2.35. The van der Waals surface area contributed by atoms with E-state index in [-0.39, 0.29) is 18.1 Å². The Morgan fingerprint density at radius 3 is 2.64 bits per heavy atom. The first-order chi connectivity index (χ1) is 10.5. The third kappa shape index (κ3) is 3.44. The summed E-state index contributed by atoms with van der Waals surface area (Å²) in [4.78, 5) is 14.1. The molecule has 2 bridgehead atoms. The minimum Gasteiger partial charge on any atom is -0.322 e. The van der Waals surface area contributed by atoms with Gasteiger partial charge in [0.05, 0.1) is 12.2 Å². The molecule has 0 aromatic heterocycles. The minimum absolute atomic E-state index is 0.0187. The molecule has 2 aliphatic heterocycles. The van der Waals surface area contributed by atoms with Gasteiger partial charge in [0.25, 0.3) is 0 Å². The van der Waals surface area contributed by atoms with Crippen molar-refractivity contribution in [1.82, 2.24) is 10.2 Å². The number of nitrogens with one attached hydrogen (secondary N) is 2. The number of piperidine rings is 1. The SMILES string of the molecule is CN(CC(=O)Nc1ccc(F)cc1F)C1CC2CCC(C1)N2. The van der Waals surface area contributed by atoms with Gasteiger partial charge in [-0.2, -0.15) is 0 Å². The van der Waals surface area contributed by atoms with Gasteiger partial charge in [0.1, 0.15) is 11.6 Å². The number of benzene rings is 1. The monoisotopic (exact) mass is 309 g/mol. The van der Waals surface area contributed by atoms with Gasteiger partial charge >= 0.3 is 0 Å². The quantitative estimate of drug-likeness (QED) is 0.895. The molecule has 0 aliphatic carbocycles. The number of anilines is 1. The van der Waals surface area contributed by atoms with Gasteiger partial charge < -0.3 is 10.6 Å². The van der Waals surface area contributed by atoms with Crippen LogP contribution in [0.25, 0.3) is 0 Å². The Morgan fingerprint density at radius 2 is 2.00 bits per heavy atom. The number of hydrogen-bond acceptors (Lipinski definition) is 3. The number of hydrogen-bond donors (Lipinski definition) is 2. The Morgan fingerprint density at radius 1 is 1.32 bits per heavy atom. The predicted molar refractivity (Wildman–Crippen MR) is 80.6 cm³/mol. The number of likely N-dealkylation sites (N-methyl/N-ethyl adjacent to an activating group) is 1. The summed E-state index contributed by atoms with van der Waals surface area (Å²) in [5, 5.41) is 6.08. The average molecular weight is 309 g/mol. The van der Waals surface area contributed by atoms with Crippen LogP contribution in [0.1, 0.15) is 25.7 Å². The van der Waals surface area contributed by atoms with Gasteiger partial charge in [-0.05, 0) is 44.9 Å². The molecule has 0 spiro atoms. The summed E-state index contributed by atoms with van der Waals surface area (Å²) in [6, 6.07) is 4.64. The number of carbonyl (C=O) groups is 1. The summed E-state index contributed by atoms with van der Waals surface area (Å²) >= 11 is 0. The summed E-state index contributed by atoms with van der Waals surface area (Å²) in [5.74, 6) is -1.69. The molecule has 2 heterocycles. The van der Waals surface area contributed by atoms with Crippen molar-refractivity contribution in [3.05, 3.63) is 29.8 Å². The van der Waals surface area contributed by atoms with Crippen LogP contribution in [0.15, 0.2) is 18.2 Å². The molecule has 22 heavy (non-hydrogen) atoms. The van der Waals surface area contributed by atoms with Crippen LogP contribution < -0.4 is 10.6 Å². The van der Waals surface area contributed by atoms with Crippen molar-refractivity contribution >= 4 is 11.6 Å². The predicted octanol–water partition coefficient (Wildman–Crippen LogP) is 2.12. The fourth-order valence-electron chi connectivity index (χ4n) is 3.52. The van der Waals surface area contributed by atoms with Gasteiger partial charge in [0, 0.05) is 24.2 Å². The van der Waals surface area contributed by atoms with Gasteiger partial charge in [0.15, 0.2) is 0 Å². The lowest BCUT2D eigenvalue weighted by Crippen LogP contribution is -2.48. The van der Waals surface area contributed by atoms with E-state index in [0.717, 1.165) is 25.0 Å². The summed E-state index contributed by atoms with van der Waals surface area (Å²) < 4.78 is 26.4. The third-order valence-corrected chi connectivity index (χ3v) is 4.67. The van der Waals surface area contributed by atoms with Gasteiger partial charge in [-0.15, -0.1) is 0 Å². The topological polar surface area (TPSA) is 44.4 Å². The molecule has 2 saturated heterocycles. The average Bonchev–Trinajstić information content (AvgIpc) is 2.80. The number of carbonyl (C=O) groups excluding carboxylic acids is 1. The Kier molecular flexibility index (Phi) is 4.40. The molecular weight excluding hydrogens is 288 g/mol. The second-order valence-electron chi connectivity index (χ2n) is 6.35. The van der Waals surface area contributed by atoms with Crippen molar-refractivity contribution in [1.29, 1.82) is 0 Å². The molecular formula is C16H21F2N3O. The van der Waals surface area contributed by atoms with Gasteiger partial charge in [0.2, 0.25) is 5.91 Å². The molecule has 0 saturated carbocycles. The van der Waals surface area contributed by atoms with Crippen LogP contribution in [-0.2, 0) is 4.79 Å². The number of amides is 1. The highest BCUT2D eigenvalue weighted by molar-refractivity contribution is 5.92. The standard InChI is InChI=1S/C16H21F2N3O/c1-21(13-7-11-3-4-12(8-13)19-11)9-16(22)20-15-5-2-10(17)6-14(15)18/h2,5-6,11-13,19H,3-4,7-9H2,1H3,(H,20,22). The molecule has 2 unspecified atom stereocenters. The number of fused-ring (bicyclic) bond motifs is 2. The smallest absolute Gasteiger partial charge is 0.238 e. The first-order valence-electron chi connectivity index (χ1n) is 7.72. The van der Waals surface area contributed by atoms with Crippen molar-refractivity contribution in [2.75, 3.05) is 18.9 Å². The highest BCUT2D eigenvalue weighted by atomic mass is 19.1. The lowest BCUT2D eigenvalue weighted by Gasteiger charge is -2.35. The summed E-state index contributed by atoms with van der Waals surface area (Å²) in [6.45, 7) is 0.209. The first kappa shape index (κ1) is 15.4. The van der Waals surface area contributed by atoms with Crippen molar-refractivity contribution in [2.45, 2.75) is 43.8 Å². The van der Waals surface area contributed by atoms with Crippen LogP contribution >= 0.6 is 0 Å². The second kappa shape index (κ2) is 6.30. The van der Waals surface area contributed by atoms with E-state index in [4.69, 9.17) is 0 Å². The largest absolute Gasteiger partial charge is 0.322 e. The molecule has 1 aromatic carbocycles. The van der Waals surface area contributed by atoms with E-state index in [9.17, 15) is 13.6 Å². The molecule has 0 radical (unpaired) electrons. The lowest BCUT2D eigenvalue weighted by molar-refractivity contribution is -0.117. The molecule has 1 amide bonds. The number of rotatable bonds is 4. The van der Waals surface area contributed by atoms with Crippen molar-refractivity contribution in [3.8, 4) is 0 Å². The zero-order chi connectivity index (χ0) is 15.7. The molecule has 1 aromatic rings. The van der Waals surface area contributed by atoms with Gasteiger partial charge in [-0.1, -0.05) is 0 Å². The Balaban J connectivity index is 1.55. The van der Waals surface area contributed by atoms with E-state index in [1.165, 1.54) is 18.9 Å². The minimum atomic E-state index is -0.754. The van der Waals surface area contributed by atoms with Crippen molar-refractivity contribution in [3.63, 3.8) is 0 Å². The summed E-state index contributed by atoms with van der Waals surface area (Å²) in [6.07, 6.45) is 4.51. The zero-order valence-electron chi connectivity index (χ0n) is 12.6. The molecule has 2 fully saturated rings. The third-order valence-electron chi connectivity index (χ3n) is 4.67. The van der Waals surface area contributed by atoms with Gasteiger partial charge in [-0.25, -0.2) is 8.78 Å². The zero-order valence-corrected chi connectivity index (χ0v) is 12.6. The van der Waals surface area contributed by atoms with E-state index in [2.05, 4.69) is 10.6 Å². The van der Waals surface area contributed by atoms with E-state index >= 15 is 0 Å². The molecule has 3 rings (SSSR count). The van der Waals surface area contributed by atoms with E-state index < -0.39 is 11.6 Å². The Labute approximate surface area is 128 Å². The van der Waals surface area contributed by atoms with Crippen molar-refractivity contribution in [2.24, 2.45) is 0 Å². The molecule has 2 N–H and O–H groups in total. The van der Waals surface area contributed by atoms with Crippen LogP contribution in [0.4, 0.5) is 14.5 Å². The van der Waals surface area contributed by atoms with E-state index in [1.54, 1.807) is 0 Å². The van der Waals surface area contributed by atoms with Crippen LogP contribution in [0.5, 0.6) is 0 Å². The maximum absolute atomic E-state index is 13.5. The highest BCUT2D eigenvalue weighted by Crippen LogP contribution is 2.29. The lowest BCUT2D eigenvalue weighted by atomic mass is 9.98. The molecule has 2 atom stereocenters. The van der Waals surface area contributed by atoms with E-state index in [1.807, 2.05) is 11.9 Å². The fraction of sp³-hybridized carbons (Fsp3) is 0.562. The Hall–Kier alpha value is -1.53. The number of nitrogens with zero attached hydrogens (tertiary/aromatic N) is 1. The maximum atomic E-state index is 13.5. The summed E-state index contributed by atoms with van der Waals surface area (Å²) in [5.41, 5.74) is 0.0187. The molecule has 120 valence electrons. The fourth-order valence-corrected chi connectivity index (χ4v) is 3.52. The Bertz CT molecular complexity index is 554. The van der Waals surface area contributed by atoms with Crippen LogP contribution in [0.2, 0.25) is 0 Å². The first-order valence-corrected chi connectivity index (χ1v) is 7.72.